The fourth-order valence-corrected chi connectivity index (χ4v) is 2.97. The molecule has 0 aliphatic carbocycles. The Morgan fingerprint density at radius 3 is 2.83 bits per heavy atom. The summed E-state index contributed by atoms with van der Waals surface area (Å²) in [4.78, 5) is 16.2. The van der Waals surface area contributed by atoms with Crippen LogP contribution in [-0.4, -0.2) is 52.0 Å². The van der Waals surface area contributed by atoms with Gasteiger partial charge in [0.25, 0.3) is 5.95 Å². The molecule has 30 heavy (non-hydrogen) atoms. The van der Waals surface area contributed by atoms with Crippen LogP contribution in [0.1, 0.15) is 5.56 Å². The van der Waals surface area contributed by atoms with Crippen LogP contribution >= 0.6 is 11.8 Å². The smallest absolute Gasteiger partial charge is 0.264 e. The minimum absolute atomic E-state index is 0.0859. The van der Waals surface area contributed by atoms with E-state index in [0.29, 0.717) is 22.3 Å². The van der Waals surface area contributed by atoms with E-state index in [1.807, 2.05) is 6.07 Å². The van der Waals surface area contributed by atoms with Gasteiger partial charge < -0.3 is 20.6 Å². The van der Waals surface area contributed by atoms with Crippen molar-refractivity contribution in [2.75, 3.05) is 36.6 Å². The van der Waals surface area contributed by atoms with Crippen LogP contribution in [-0.2, 0) is 4.79 Å². The van der Waals surface area contributed by atoms with E-state index in [1.54, 1.807) is 50.0 Å². The molecule has 156 valence electrons. The van der Waals surface area contributed by atoms with Gasteiger partial charge in [-0.05, 0) is 18.2 Å². The van der Waals surface area contributed by atoms with E-state index in [-0.39, 0.29) is 17.6 Å². The minimum atomic E-state index is -0.237. The molecule has 0 saturated heterocycles. The predicted molar refractivity (Wildman–Crippen MR) is 115 cm³/mol. The number of carbonyl (C=O) groups is 1. The maximum absolute atomic E-state index is 12.2. The Bertz CT molecular complexity index is 1030. The van der Waals surface area contributed by atoms with E-state index < -0.39 is 0 Å². The zero-order valence-corrected chi connectivity index (χ0v) is 17.1. The average Bonchev–Trinajstić information content (AvgIpc) is 3.12. The van der Waals surface area contributed by atoms with Gasteiger partial charge >= 0.3 is 0 Å². The molecule has 0 fully saturated rings. The van der Waals surface area contributed by atoms with Crippen molar-refractivity contribution in [3.63, 3.8) is 0 Å². The van der Waals surface area contributed by atoms with Crippen LogP contribution in [0.25, 0.3) is 0 Å². The summed E-state index contributed by atoms with van der Waals surface area (Å²) in [6, 6.07) is 8.76. The number of ether oxygens (including phenoxy) is 2. The lowest BCUT2D eigenvalue weighted by Gasteiger charge is -2.10. The highest BCUT2D eigenvalue weighted by Crippen LogP contribution is 2.29. The number of carbonyl (C=O) groups excluding carboxylic acids is 1. The first kappa shape index (κ1) is 20.9. The van der Waals surface area contributed by atoms with Crippen molar-refractivity contribution >= 4 is 35.5 Å². The first-order valence-electron chi connectivity index (χ1n) is 8.65. The number of hydrazone groups is 1. The Morgan fingerprint density at radius 1 is 1.27 bits per heavy atom. The van der Waals surface area contributed by atoms with E-state index in [2.05, 4.69) is 31.0 Å². The third-order valence-corrected chi connectivity index (χ3v) is 4.67. The molecule has 0 unspecified atom stereocenters. The number of amides is 1. The maximum atomic E-state index is 12.2. The van der Waals surface area contributed by atoms with Gasteiger partial charge in [0.2, 0.25) is 11.1 Å². The summed E-state index contributed by atoms with van der Waals surface area (Å²) in [6.07, 6.45) is 4.91. The zero-order chi connectivity index (χ0) is 21.3. The van der Waals surface area contributed by atoms with Gasteiger partial charge in [0.05, 0.1) is 26.2 Å². The number of methoxy groups -OCH3 is 2. The Hall–Kier alpha value is -3.80. The van der Waals surface area contributed by atoms with Crippen molar-refractivity contribution in [3.8, 4) is 11.5 Å². The molecule has 0 radical (unpaired) electrons. The number of aromatic nitrogens is 4. The molecule has 3 rings (SSSR count). The molecule has 0 saturated carbocycles. The molecule has 0 aliphatic heterocycles. The molecule has 3 aromatic rings. The lowest BCUT2D eigenvalue weighted by molar-refractivity contribution is -0.113. The normalized spacial score (nSPS) is 10.7. The molecule has 2 aromatic heterocycles. The Balaban J connectivity index is 1.53. The largest absolute Gasteiger partial charge is 0.493 e. The van der Waals surface area contributed by atoms with Crippen molar-refractivity contribution in [1.82, 2.24) is 19.9 Å². The number of nitrogens with zero attached hydrogens (tertiary/aromatic N) is 5. The number of anilines is 2. The summed E-state index contributed by atoms with van der Waals surface area (Å²) < 4.78 is 11.6. The number of hydrogen-bond acceptors (Lipinski definition) is 10. The highest BCUT2D eigenvalue weighted by molar-refractivity contribution is 7.99. The highest BCUT2D eigenvalue weighted by Gasteiger charge is 2.13. The standard InChI is InChI=1S/C18H20N8O3S/c1-28-14-6-5-13(8-15(14)29-2)22-16(27)11-30-18-25-24-17(26(18)19)23-21-10-12-4-3-7-20-9-12/h3-10H,11,19H2,1-2H3,(H,22,27)(H,23,24)/b21-10+. The summed E-state index contributed by atoms with van der Waals surface area (Å²) in [6.45, 7) is 0. The van der Waals surface area contributed by atoms with Crippen LogP contribution in [0.3, 0.4) is 0 Å². The van der Waals surface area contributed by atoms with Crippen molar-refractivity contribution in [3.05, 3.63) is 48.3 Å². The van der Waals surface area contributed by atoms with E-state index in [9.17, 15) is 4.79 Å². The number of nitrogen functional groups attached to an aromatic ring is 1. The Morgan fingerprint density at radius 2 is 2.10 bits per heavy atom. The molecule has 0 bridgehead atoms. The van der Waals surface area contributed by atoms with E-state index >= 15 is 0 Å². The molecule has 0 aliphatic rings. The average molecular weight is 428 g/mol. The number of benzene rings is 1. The van der Waals surface area contributed by atoms with Gasteiger partial charge in [-0.1, -0.05) is 17.8 Å². The summed E-state index contributed by atoms with van der Waals surface area (Å²) in [7, 11) is 3.07. The molecular formula is C18H20N8O3S. The summed E-state index contributed by atoms with van der Waals surface area (Å²) in [5, 5.41) is 15.0. The lowest BCUT2D eigenvalue weighted by atomic mass is 10.2. The molecule has 2 heterocycles. The molecule has 12 heteroatoms. The second kappa shape index (κ2) is 10.1. The van der Waals surface area contributed by atoms with Crippen molar-refractivity contribution in [2.45, 2.75) is 5.16 Å². The molecular weight excluding hydrogens is 408 g/mol. The van der Waals surface area contributed by atoms with Gasteiger partial charge in [0.1, 0.15) is 0 Å². The Kier molecular flexibility index (Phi) is 7.05. The van der Waals surface area contributed by atoms with E-state index in [4.69, 9.17) is 15.3 Å². The zero-order valence-electron chi connectivity index (χ0n) is 16.3. The number of hydrogen-bond donors (Lipinski definition) is 3. The number of rotatable bonds is 9. The number of nitrogens with one attached hydrogen (secondary N) is 2. The van der Waals surface area contributed by atoms with Gasteiger partial charge in [-0.25, -0.2) is 10.1 Å². The third kappa shape index (κ3) is 5.38. The molecule has 1 aromatic carbocycles. The van der Waals surface area contributed by atoms with Crippen LogP contribution in [0.4, 0.5) is 11.6 Å². The second-order valence-electron chi connectivity index (χ2n) is 5.74. The first-order valence-corrected chi connectivity index (χ1v) is 9.63. The number of thioether (sulfide) groups is 1. The van der Waals surface area contributed by atoms with Crippen LogP contribution in [0.5, 0.6) is 11.5 Å². The second-order valence-corrected chi connectivity index (χ2v) is 6.68. The maximum Gasteiger partial charge on any atom is 0.264 e. The van der Waals surface area contributed by atoms with Gasteiger partial charge in [0, 0.05) is 29.7 Å². The number of nitrogens with two attached hydrogens (primary N) is 1. The topological polar surface area (TPSA) is 142 Å². The Labute approximate surface area is 176 Å². The van der Waals surface area contributed by atoms with E-state index in [1.165, 1.54) is 11.8 Å². The summed E-state index contributed by atoms with van der Waals surface area (Å²) in [5.41, 5.74) is 4.10. The molecule has 0 atom stereocenters. The molecule has 4 N–H and O–H groups in total. The molecule has 11 nitrogen and oxygen atoms in total. The summed E-state index contributed by atoms with van der Waals surface area (Å²) in [5.74, 6) is 7.13. The number of pyridine rings is 1. The van der Waals surface area contributed by atoms with Gasteiger partial charge in [-0.2, -0.15) is 5.10 Å². The summed E-state index contributed by atoms with van der Waals surface area (Å²) >= 11 is 1.14. The fourth-order valence-electron chi connectivity index (χ4n) is 2.31. The van der Waals surface area contributed by atoms with Crippen LogP contribution in [0, 0.1) is 0 Å². The van der Waals surface area contributed by atoms with Gasteiger partial charge in [0.15, 0.2) is 11.5 Å². The third-order valence-electron chi connectivity index (χ3n) is 3.73. The highest BCUT2D eigenvalue weighted by atomic mass is 32.2. The van der Waals surface area contributed by atoms with Crippen LogP contribution < -0.4 is 26.1 Å². The van der Waals surface area contributed by atoms with Crippen molar-refractivity contribution in [2.24, 2.45) is 5.10 Å². The lowest BCUT2D eigenvalue weighted by Crippen LogP contribution is -2.17. The molecule has 0 spiro atoms. The van der Waals surface area contributed by atoms with Crippen LogP contribution in [0.15, 0.2) is 53.0 Å². The van der Waals surface area contributed by atoms with Gasteiger partial charge in [-0.15, -0.1) is 10.2 Å². The molecule has 1 amide bonds. The first-order chi connectivity index (χ1) is 14.6. The monoisotopic (exact) mass is 428 g/mol. The van der Waals surface area contributed by atoms with Crippen molar-refractivity contribution < 1.29 is 14.3 Å². The van der Waals surface area contributed by atoms with Crippen LogP contribution in [0.2, 0.25) is 0 Å². The predicted octanol–water partition coefficient (Wildman–Crippen LogP) is 1.58. The van der Waals surface area contributed by atoms with E-state index in [0.717, 1.165) is 17.3 Å². The van der Waals surface area contributed by atoms with Crippen molar-refractivity contribution in [1.29, 1.82) is 0 Å². The SMILES string of the molecule is COc1ccc(NC(=O)CSc2nnc(N/N=C/c3cccnc3)n2N)cc1OC. The minimum Gasteiger partial charge on any atom is -0.493 e. The van der Waals surface area contributed by atoms with Gasteiger partial charge in [-0.3, -0.25) is 9.78 Å². The fraction of sp³-hybridized carbons (Fsp3) is 0.167. The quantitative estimate of drug-likeness (QED) is 0.200.